The van der Waals surface area contributed by atoms with E-state index in [1.165, 1.54) is 0 Å². The zero-order chi connectivity index (χ0) is 14.2. The summed E-state index contributed by atoms with van der Waals surface area (Å²) in [5.41, 5.74) is 1.10. The van der Waals surface area contributed by atoms with Gasteiger partial charge >= 0.3 is 0 Å². The Balaban J connectivity index is 2.06. The highest BCUT2D eigenvalue weighted by Crippen LogP contribution is 2.52. The van der Waals surface area contributed by atoms with Crippen molar-refractivity contribution >= 4 is 0 Å². The summed E-state index contributed by atoms with van der Waals surface area (Å²) in [4.78, 5) is 19.2. The number of H-pyrrole nitrogens is 1. The zero-order valence-corrected chi connectivity index (χ0v) is 11.5. The lowest BCUT2D eigenvalue weighted by atomic mass is 9.95. The maximum Gasteiger partial charge on any atom is 0.257 e. The highest BCUT2D eigenvalue weighted by atomic mass is 16.3. The number of aromatic hydroxyl groups is 1. The summed E-state index contributed by atoms with van der Waals surface area (Å²) in [6.07, 6.45) is 3.26. The summed E-state index contributed by atoms with van der Waals surface area (Å²) in [7, 11) is 0. The Hall–Kier alpha value is -2.10. The van der Waals surface area contributed by atoms with E-state index in [1.54, 1.807) is 0 Å². The van der Waals surface area contributed by atoms with Gasteiger partial charge in [-0.05, 0) is 24.8 Å². The molecule has 1 aromatic carbocycles. The topological polar surface area (TPSA) is 66.0 Å². The predicted molar refractivity (Wildman–Crippen MR) is 77.0 cm³/mol. The van der Waals surface area contributed by atoms with Crippen LogP contribution in [0.3, 0.4) is 0 Å². The van der Waals surface area contributed by atoms with Gasteiger partial charge in [-0.15, -0.1) is 0 Å². The first-order valence-electron chi connectivity index (χ1n) is 7.05. The molecule has 1 saturated carbocycles. The zero-order valence-electron chi connectivity index (χ0n) is 11.5. The highest BCUT2D eigenvalue weighted by molar-refractivity contribution is 5.40. The van der Waals surface area contributed by atoms with Crippen molar-refractivity contribution in [1.29, 1.82) is 0 Å². The predicted octanol–water partition coefficient (Wildman–Crippen LogP) is 2.51. The second-order valence-corrected chi connectivity index (χ2v) is 5.41. The number of nitrogens with one attached hydrogen (secondary N) is 1. The van der Waals surface area contributed by atoms with E-state index in [4.69, 9.17) is 0 Å². The largest absolute Gasteiger partial charge is 0.493 e. The Labute approximate surface area is 117 Å². The fraction of sp³-hybridized carbons (Fsp3) is 0.375. The molecule has 1 aliphatic rings. The third-order valence-electron chi connectivity index (χ3n) is 4.02. The van der Waals surface area contributed by atoms with Gasteiger partial charge in [-0.1, -0.05) is 43.7 Å². The summed E-state index contributed by atoms with van der Waals surface area (Å²) in [5, 5.41) is 10.0. The van der Waals surface area contributed by atoms with Gasteiger partial charge in [-0.3, -0.25) is 4.79 Å². The standard InChI is InChI=1S/C16H18N2O2/c1-2-6-12-13(19)17-15(18-14(12)20)16(9-10-16)11-7-4-3-5-8-11/h3-5,7-8H,2,6,9-10H2,1H3,(H2,17,18,19,20). The minimum atomic E-state index is -0.220. The number of aromatic amines is 1. The van der Waals surface area contributed by atoms with E-state index in [-0.39, 0.29) is 16.9 Å². The maximum absolute atomic E-state index is 12.1. The Bertz CT molecular complexity index is 673. The van der Waals surface area contributed by atoms with E-state index >= 15 is 0 Å². The van der Waals surface area contributed by atoms with Crippen molar-refractivity contribution < 1.29 is 5.11 Å². The lowest BCUT2D eigenvalue weighted by Gasteiger charge is -2.15. The third-order valence-corrected chi connectivity index (χ3v) is 4.02. The van der Waals surface area contributed by atoms with Gasteiger partial charge in [0.15, 0.2) is 0 Å². The summed E-state index contributed by atoms with van der Waals surface area (Å²) in [6, 6.07) is 10.0. The van der Waals surface area contributed by atoms with Gasteiger partial charge in [-0.25, -0.2) is 0 Å². The summed E-state index contributed by atoms with van der Waals surface area (Å²) >= 11 is 0. The number of hydrogen-bond acceptors (Lipinski definition) is 3. The van der Waals surface area contributed by atoms with E-state index in [1.807, 2.05) is 37.3 Å². The average Bonchev–Trinajstić information content (AvgIpc) is 3.25. The molecule has 2 aromatic rings. The van der Waals surface area contributed by atoms with Gasteiger partial charge in [0.1, 0.15) is 5.82 Å². The molecule has 104 valence electrons. The first kappa shape index (κ1) is 12.9. The molecule has 1 aromatic heterocycles. The van der Waals surface area contributed by atoms with Crippen molar-refractivity contribution in [3.63, 3.8) is 0 Å². The number of nitrogens with zero attached hydrogens (tertiary/aromatic N) is 1. The van der Waals surface area contributed by atoms with Crippen molar-refractivity contribution in [2.75, 3.05) is 0 Å². The van der Waals surface area contributed by atoms with Gasteiger partial charge in [0, 0.05) is 0 Å². The molecule has 1 aliphatic carbocycles. The van der Waals surface area contributed by atoms with Crippen LogP contribution in [-0.2, 0) is 11.8 Å². The molecule has 0 amide bonds. The molecule has 0 spiro atoms. The molecular formula is C16H18N2O2. The Morgan fingerprint density at radius 2 is 2.00 bits per heavy atom. The molecule has 0 saturated heterocycles. The molecule has 0 aliphatic heterocycles. The fourth-order valence-corrected chi connectivity index (χ4v) is 2.73. The molecule has 1 heterocycles. The fourth-order valence-electron chi connectivity index (χ4n) is 2.73. The molecule has 3 rings (SSSR count). The Kier molecular flexibility index (Phi) is 3.08. The smallest absolute Gasteiger partial charge is 0.257 e. The van der Waals surface area contributed by atoms with Crippen LogP contribution in [0, 0.1) is 0 Å². The molecule has 4 heteroatoms. The van der Waals surface area contributed by atoms with E-state index in [9.17, 15) is 9.90 Å². The highest BCUT2D eigenvalue weighted by Gasteiger charge is 2.48. The van der Waals surface area contributed by atoms with Crippen LogP contribution < -0.4 is 5.56 Å². The van der Waals surface area contributed by atoms with Gasteiger partial charge in [0.05, 0.1) is 11.0 Å². The van der Waals surface area contributed by atoms with E-state index < -0.39 is 0 Å². The normalized spacial score (nSPS) is 16.1. The van der Waals surface area contributed by atoms with E-state index in [0.29, 0.717) is 17.8 Å². The molecule has 20 heavy (non-hydrogen) atoms. The molecule has 4 nitrogen and oxygen atoms in total. The molecule has 1 fully saturated rings. The molecule has 0 radical (unpaired) electrons. The van der Waals surface area contributed by atoms with Crippen molar-refractivity contribution in [3.8, 4) is 5.88 Å². The maximum atomic E-state index is 12.1. The second-order valence-electron chi connectivity index (χ2n) is 5.41. The lowest BCUT2D eigenvalue weighted by Crippen LogP contribution is -2.22. The monoisotopic (exact) mass is 270 g/mol. The summed E-state index contributed by atoms with van der Waals surface area (Å²) < 4.78 is 0. The van der Waals surface area contributed by atoms with Gasteiger partial charge in [-0.2, -0.15) is 4.98 Å². The first-order valence-corrected chi connectivity index (χ1v) is 7.05. The van der Waals surface area contributed by atoms with Crippen molar-refractivity contribution in [2.45, 2.75) is 38.0 Å². The molecular weight excluding hydrogens is 252 g/mol. The number of rotatable bonds is 4. The number of aromatic nitrogens is 2. The average molecular weight is 270 g/mol. The van der Waals surface area contributed by atoms with Crippen molar-refractivity contribution in [1.82, 2.24) is 9.97 Å². The second kappa shape index (κ2) is 4.78. The van der Waals surface area contributed by atoms with Crippen molar-refractivity contribution in [2.24, 2.45) is 0 Å². The van der Waals surface area contributed by atoms with Crippen LogP contribution in [0.5, 0.6) is 5.88 Å². The van der Waals surface area contributed by atoms with Gasteiger partial charge < -0.3 is 10.1 Å². The van der Waals surface area contributed by atoms with Crippen LogP contribution in [0.25, 0.3) is 0 Å². The minimum Gasteiger partial charge on any atom is -0.493 e. The van der Waals surface area contributed by atoms with E-state index in [0.717, 1.165) is 24.8 Å². The van der Waals surface area contributed by atoms with E-state index in [2.05, 4.69) is 9.97 Å². The summed E-state index contributed by atoms with van der Waals surface area (Å²) in [5.74, 6) is 0.471. The quantitative estimate of drug-likeness (QED) is 0.897. The van der Waals surface area contributed by atoms with Gasteiger partial charge in [0.2, 0.25) is 5.88 Å². The number of benzene rings is 1. The van der Waals surface area contributed by atoms with Crippen LogP contribution in [0.1, 0.15) is 43.1 Å². The van der Waals surface area contributed by atoms with Crippen LogP contribution in [0.4, 0.5) is 0 Å². The molecule has 0 bridgehead atoms. The van der Waals surface area contributed by atoms with Crippen LogP contribution in [0.2, 0.25) is 0 Å². The molecule has 2 N–H and O–H groups in total. The van der Waals surface area contributed by atoms with Gasteiger partial charge in [0.25, 0.3) is 5.56 Å². The molecule has 0 atom stereocenters. The van der Waals surface area contributed by atoms with Crippen LogP contribution >= 0.6 is 0 Å². The SMILES string of the molecule is CCCc1c(O)nc(C2(c3ccccc3)CC2)[nH]c1=O. The first-order chi connectivity index (χ1) is 9.67. The molecule has 0 unspecified atom stereocenters. The third kappa shape index (κ3) is 2.01. The number of hydrogen-bond donors (Lipinski definition) is 2. The summed E-state index contributed by atoms with van der Waals surface area (Å²) in [6.45, 7) is 1.97. The Morgan fingerprint density at radius 1 is 1.30 bits per heavy atom. The Morgan fingerprint density at radius 3 is 2.55 bits per heavy atom. The van der Waals surface area contributed by atoms with Crippen LogP contribution in [-0.4, -0.2) is 15.1 Å². The minimum absolute atomic E-state index is 0.118. The van der Waals surface area contributed by atoms with Crippen molar-refractivity contribution in [3.05, 3.63) is 57.6 Å². The lowest BCUT2D eigenvalue weighted by molar-refractivity contribution is 0.436. The van der Waals surface area contributed by atoms with Crippen LogP contribution in [0.15, 0.2) is 35.1 Å².